The first-order valence-corrected chi connectivity index (χ1v) is 7.04. The van der Waals surface area contributed by atoms with E-state index in [2.05, 4.69) is 15.8 Å². The van der Waals surface area contributed by atoms with Crippen molar-refractivity contribution in [2.24, 2.45) is 5.10 Å². The third kappa shape index (κ3) is 4.31. The molecule has 2 aromatic carbocycles. The van der Waals surface area contributed by atoms with E-state index in [0.29, 0.717) is 21.8 Å². The number of halogens is 1. The Hall–Kier alpha value is -2.86. The number of carbonyl (C=O) groups excluding carboxylic acids is 2. The van der Waals surface area contributed by atoms with E-state index >= 15 is 0 Å². The number of phenols is 1. The Morgan fingerprint density at radius 2 is 1.87 bits per heavy atom. The summed E-state index contributed by atoms with van der Waals surface area (Å²) in [6, 6.07) is 11.4. The van der Waals surface area contributed by atoms with Crippen molar-refractivity contribution in [3.05, 3.63) is 58.6 Å². The van der Waals surface area contributed by atoms with Gasteiger partial charge in [0.25, 0.3) is 0 Å². The molecule has 0 spiro atoms. The van der Waals surface area contributed by atoms with Gasteiger partial charge in [0.15, 0.2) is 0 Å². The number of anilines is 1. The first-order valence-electron chi connectivity index (χ1n) is 6.66. The molecule has 0 radical (unpaired) electrons. The number of amides is 2. The van der Waals surface area contributed by atoms with E-state index in [1.165, 1.54) is 12.3 Å². The molecule has 6 nitrogen and oxygen atoms in total. The normalized spacial score (nSPS) is 10.5. The van der Waals surface area contributed by atoms with Crippen LogP contribution in [0, 0.1) is 6.92 Å². The van der Waals surface area contributed by atoms with Crippen molar-refractivity contribution < 1.29 is 14.7 Å². The van der Waals surface area contributed by atoms with Gasteiger partial charge < -0.3 is 10.4 Å². The molecule has 0 bridgehead atoms. The predicted octanol–water partition coefficient (Wildman–Crippen LogP) is 2.44. The second-order valence-electron chi connectivity index (χ2n) is 4.62. The van der Waals surface area contributed by atoms with E-state index in [4.69, 9.17) is 11.6 Å². The Kier molecular flexibility index (Phi) is 5.32. The van der Waals surface area contributed by atoms with Gasteiger partial charge >= 0.3 is 11.8 Å². The first-order chi connectivity index (χ1) is 11.0. The molecule has 0 heterocycles. The molecule has 7 heteroatoms. The van der Waals surface area contributed by atoms with E-state index in [0.717, 1.165) is 0 Å². The Morgan fingerprint density at radius 1 is 1.13 bits per heavy atom. The van der Waals surface area contributed by atoms with Gasteiger partial charge in [0.05, 0.1) is 6.21 Å². The number of carbonyl (C=O) groups is 2. The van der Waals surface area contributed by atoms with Gasteiger partial charge in [-0.05, 0) is 36.8 Å². The standard InChI is InChI=1S/C16H14ClN3O3/c1-10-12(17)6-4-7-13(10)19-15(22)16(23)20-18-9-11-5-2-3-8-14(11)21/h2-9,21H,1H3,(H,19,22)(H,20,23)/b18-9+. The summed E-state index contributed by atoms with van der Waals surface area (Å²) in [5.74, 6) is -1.79. The summed E-state index contributed by atoms with van der Waals surface area (Å²) >= 11 is 5.94. The first kappa shape index (κ1) is 16.5. The van der Waals surface area contributed by atoms with Gasteiger partial charge in [0.1, 0.15) is 5.75 Å². The zero-order chi connectivity index (χ0) is 16.8. The number of phenolic OH excluding ortho intramolecular Hbond substituents is 1. The molecule has 0 atom stereocenters. The summed E-state index contributed by atoms with van der Waals surface area (Å²) in [5.41, 5.74) is 3.61. The van der Waals surface area contributed by atoms with Crippen LogP contribution in [0.5, 0.6) is 5.75 Å². The lowest BCUT2D eigenvalue weighted by Crippen LogP contribution is -2.32. The van der Waals surface area contributed by atoms with Crippen LogP contribution in [0.1, 0.15) is 11.1 Å². The third-order valence-corrected chi connectivity index (χ3v) is 3.44. The second-order valence-corrected chi connectivity index (χ2v) is 5.03. The Bertz CT molecular complexity index is 775. The number of hydrogen-bond donors (Lipinski definition) is 3. The Morgan fingerprint density at radius 3 is 2.61 bits per heavy atom. The molecule has 0 unspecified atom stereocenters. The fourth-order valence-electron chi connectivity index (χ4n) is 1.73. The number of para-hydroxylation sites is 1. The number of hydrogen-bond acceptors (Lipinski definition) is 4. The van der Waals surface area contributed by atoms with Crippen LogP contribution < -0.4 is 10.7 Å². The SMILES string of the molecule is Cc1c(Cl)cccc1NC(=O)C(=O)N/N=C/c1ccccc1O. The van der Waals surface area contributed by atoms with Crippen molar-refractivity contribution in [2.75, 3.05) is 5.32 Å². The molecule has 0 aliphatic heterocycles. The van der Waals surface area contributed by atoms with Crippen LogP contribution in [0.2, 0.25) is 5.02 Å². The number of rotatable bonds is 3. The average Bonchev–Trinajstić information content (AvgIpc) is 2.53. The number of benzene rings is 2. The monoisotopic (exact) mass is 331 g/mol. The highest BCUT2D eigenvalue weighted by Crippen LogP contribution is 2.22. The summed E-state index contributed by atoms with van der Waals surface area (Å²) in [5, 5.41) is 16.1. The molecule has 0 saturated heterocycles. The lowest BCUT2D eigenvalue weighted by molar-refractivity contribution is -0.136. The van der Waals surface area contributed by atoms with Crippen molar-refractivity contribution in [2.45, 2.75) is 6.92 Å². The average molecular weight is 332 g/mol. The van der Waals surface area contributed by atoms with E-state index < -0.39 is 11.8 Å². The van der Waals surface area contributed by atoms with Crippen LogP contribution in [-0.2, 0) is 9.59 Å². The molecule has 3 N–H and O–H groups in total. The zero-order valence-electron chi connectivity index (χ0n) is 12.2. The maximum absolute atomic E-state index is 11.8. The van der Waals surface area contributed by atoms with Gasteiger partial charge in [0.2, 0.25) is 0 Å². The molecule has 2 aromatic rings. The van der Waals surface area contributed by atoms with Gasteiger partial charge in [0, 0.05) is 16.3 Å². The third-order valence-electron chi connectivity index (χ3n) is 3.03. The molecule has 23 heavy (non-hydrogen) atoms. The van der Waals surface area contributed by atoms with Crippen LogP contribution in [0.3, 0.4) is 0 Å². The molecule has 0 saturated carbocycles. The lowest BCUT2D eigenvalue weighted by atomic mass is 10.2. The zero-order valence-corrected chi connectivity index (χ0v) is 13.0. The molecule has 0 fully saturated rings. The largest absolute Gasteiger partial charge is 0.507 e. The number of nitrogens with zero attached hydrogens (tertiary/aromatic N) is 1. The van der Waals surface area contributed by atoms with Crippen LogP contribution >= 0.6 is 11.6 Å². The topological polar surface area (TPSA) is 90.8 Å². The number of hydrazone groups is 1. The molecule has 2 amide bonds. The molecule has 0 aromatic heterocycles. The Labute approximate surface area is 137 Å². The van der Waals surface area contributed by atoms with E-state index in [9.17, 15) is 14.7 Å². The summed E-state index contributed by atoms with van der Waals surface area (Å²) < 4.78 is 0. The van der Waals surface area contributed by atoms with Gasteiger partial charge in [-0.1, -0.05) is 29.8 Å². The molecule has 0 aliphatic rings. The number of nitrogens with one attached hydrogen (secondary N) is 2. The van der Waals surface area contributed by atoms with E-state index in [1.807, 2.05) is 0 Å². The smallest absolute Gasteiger partial charge is 0.329 e. The van der Waals surface area contributed by atoms with Gasteiger partial charge in [-0.2, -0.15) is 5.10 Å². The highest BCUT2D eigenvalue weighted by Gasteiger charge is 2.14. The minimum Gasteiger partial charge on any atom is -0.507 e. The van der Waals surface area contributed by atoms with Crippen LogP contribution in [0.4, 0.5) is 5.69 Å². The fraction of sp³-hybridized carbons (Fsp3) is 0.0625. The molecular weight excluding hydrogens is 318 g/mol. The molecular formula is C16H14ClN3O3. The fourth-order valence-corrected chi connectivity index (χ4v) is 1.90. The van der Waals surface area contributed by atoms with Crippen molar-refractivity contribution in [3.8, 4) is 5.75 Å². The second kappa shape index (κ2) is 7.42. The minimum absolute atomic E-state index is 0.0181. The summed E-state index contributed by atoms with van der Waals surface area (Å²) in [4.78, 5) is 23.5. The molecule has 118 valence electrons. The van der Waals surface area contributed by atoms with Gasteiger partial charge in [-0.3, -0.25) is 9.59 Å². The highest BCUT2D eigenvalue weighted by molar-refractivity contribution is 6.40. The lowest BCUT2D eigenvalue weighted by Gasteiger charge is -2.08. The van der Waals surface area contributed by atoms with Crippen molar-refractivity contribution in [1.29, 1.82) is 0 Å². The van der Waals surface area contributed by atoms with Crippen LogP contribution in [0.25, 0.3) is 0 Å². The van der Waals surface area contributed by atoms with Crippen LogP contribution in [-0.4, -0.2) is 23.1 Å². The summed E-state index contributed by atoms with van der Waals surface area (Å²) in [6.07, 6.45) is 1.24. The maximum atomic E-state index is 11.8. The van der Waals surface area contributed by atoms with Gasteiger partial charge in [-0.25, -0.2) is 5.43 Å². The minimum atomic E-state index is -0.934. The summed E-state index contributed by atoms with van der Waals surface area (Å²) in [7, 11) is 0. The van der Waals surface area contributed by atoms with Gasteiger partial charge in [-0.15, -0.1) is 0 Å². The van der Waals surface area contributed by atoms with Crippen LogP contribution in [0.15, 0.2) is 47.6 Å². The van der Waals surface area contributed by atoms with Crippen molar-refractivity contribution in [3.63, 3.8) is 0 Å². The van der Waals surface area contributed by atoms with E-state index in [1.54, 1.807) is 43.3 Å². The van der Waals surface area contributed by atoms with E-state index in [-0.39, 0.29) is 5.75 Å². The number of aromatic hydroxyl groups is 1. The molecule has 2 rings (SSSR count). The van der Waals surface area contributed by atoms with Crippen molar-refractivity contribution in [1.82, 2.24) is 5.43 Å². The quantitative estimate of drug-likeness (QED) is 0.458. The van der Waals surface area contributed by atoms with Crippen molar-refractivity contribution >= 4 is 35.3 Å². The highest BCUT2D eigenvalue weighted by atomic mass is 35.5. The predicted molar refractivity (Wildman–Crippen MR) is 88.7 cm³/mol. The summed E-state index contributed by atoms with van der Waals surface area (Å²) in [6.45, 7) is 1.73. The molecule has 0 aliphatic carbocycles. The maximum Gasteiger partial charge on any atom is 0.329 e. The Balaban J connectivity index is 1.97.